The number of nitrogens with two attached hydrogens (primary N) is 1. The normalized spacial score (nSPS) is 10.7. The van der Waals surface area contributed by atoms with Crippen LogP contribution in [0.5, 0.6) is 0 Å². The minimum Gasteiger partial charge on any atom is -0.331 e. The molecule has 0 amide bonds. The maximum atomic E-state index is 5.50. The fourth-order valence-corrected chi connectivity index (χ4v) is 2.08. The van der Waals surface area contributed by atoms with Gasteiger partial charge in [-0.15, -0.1) is 0 Å². The summed E-state index contributed by atoms with van der Waals surface area (Å²) in [5.74, 6) is 0.954. The van der Waals surface area contributed by atoms with Crippen LogP contribution in [0.2, 0.25) is 0 Å². The second-order valence-electron chi connectivity index (χ2n) is 3.83. The lowest BCUT2D eigenvalue weighted by molar-refractivity contribution is 0.619. The van der Waals surface area contributed by atoms with Gasteiger partial charge in [-0.25, -0.2) is 4.98 Å². The van der Waals surface area contributed by atoms with Gasteiger partial charge in [0, 0.05) is 41.4 Å². The SMILES string of the molecule is NCCCCn1ccnc1-c1cncc(Br)c1. The molecule has 0 atom stereocenters. The van der Waals surface area contributed by atoms with E-state index < -0.39 is 0 Å². The number of aryl methyl sites for hydroxylation is 1. The number of imidazole rings is 1. The summed E-state index contributed by atoms with van der Waals surface area (Å²) in [6.45, 7) is 1.68. The summed E-state index contributed by atoms with van der Waals surface area (Å²) in [5, 5.41) is 0. The van der Waals surface area contributed by atoms with E-state index in [1.165, 1.54) is 0 Å². The Kier molecular flexibility index (Phi) is 4.28. The van der Waals surface area contributed by atoms with E-state index in [0.29, 0.717) is 0 Å². The molecule has 0 saturated carbocycles. The van der Waals surface area contributed by atoms with Crippen molar-refractivity contribution in [3.8, 4) is 11.4 Å². The molecule has 0 saturated heterocycles. The second-order valence-corrected chi connectivity index (χ2v) is 4.75. The molecule has 0 unspecified atom stereocenters. The summed E-state index contributed by atoms with van der Waals surface area (Å²) in [5.41, 5.74) is 6.52. The monoisotopic (exact) mass is 294 g/mol. The van der Waals surface area contributed by atoms with Gasteiger partial charge < -0.3 is 10.3 Å². The zero-order valence-corrected chi connectivity index (χ0v) is 11.1. The van der Waals surface area contributed by atoms with Gasteiger partial charge in [0.25, 0.3) is 0 Å². The van der Waals surface area contributed by atoms with Crippen LogP contribution in [0.1, 0.15) is 12.8 Å². The van der Waals surface area contributed by atoms with Gasteiger partial charge in [-0.2, -0.15) is 0 Å². The molecule has 0 aliphatic carbocycles. The van der Waals surface area contributed by atoms with E-state index in [9.17, 15) is 0 Å². The minimum absolute atomic E-state index is 0.739. The summed E-state index contributed by atoms with van der Waals surface area (Å²) < 4.78 is 3.10. The number of hydrogen-bond donors (Lipinski definition) is 1. The van der Waals surface area contributed by atoms with Crippen molar-refractivity contribution in [3.63, 3.8) is 0 Å². The number of aromatic nitrogens is 3. The van der Waals surface area contributed by atoms with Gasteiger partial charge in [-0.1, -0.05) is 0 Å². The lowest BCUT2D eigenvalue weighted by atomic mass is 10.2. The average molecular weight is 295 g/mol. The number of pyridine rings is 1. The van der Waals surface area contributed by atoms with Gasteiger partial charge in [-0.3, -0.25) is 4.98 Å². The molecule has 2 heterocycles. The van der Waals surface area contributed by atoms with Crippen molar-refractivity contribution in [1.82, 2.24) is 14.5 Å². The fraction of sp³-hybridized carbons (Fsp3) is 0.333. The zero-order valence-electron chi connectivity index (χ0n) is 9.51. The Morgan fingerprint density at radius 2 is 2.18 bits per heavy atom. The minimum atomic E-state index is 0.739. The quantitative estimate of drug-likeness (QED) is 0.862. The van der Waals surface area contributed by atoms with Crippen LogP contribution in [0.3, 0.4) is 0 Å². The predicted octanol–water partition coefficient (Wildman–Crippen LogP) is 2.45. The Bertz CT molecular complexity index is 481. The number of nitrogens with zero attached hydrogens (tertiary/aromatic N) is 3. The van der Waals surface area contributed by atoms with Crippen molar-refractivity contribution in [2.24, 2.45) is 5.73 Å². The lowest BCUT2D eigenvalue weighted by Crippen LogP contribution is -2.04. The number of halogens is 1. The standard InChI is InChI=1S/C12H15BrN4/c13-11-7-10(8-15-9-11)12-16-4-6-17(12)5-2-1-3-14/h4,6-9H,1-3,5,14H2. The Morgan fingerprint density at radius 1 is 1.29 bits per heavy atom. The van der Waals surface area contributed by atoms with Crippen molar-refractivity contribution >= 4 is 15.9 Å². The molecule has 4 nitrogen and oxygen atoms in total. The van der Waals surface area contributed by atoms with E-state index >= 15 is 0 Å². The van der Waals surface area contributed by atoms with Gasteiger partial charge in [0.05, 0.1) is 0 Å². The first-order chi connectivity index (χ1) is 8.31. The maximum Gasteiger partial charge on any atom is 0.141 e. The Labute approximate surface area is 109 Å². The largest absolute Gasteiger partial charge is 0.331 e. The Hall–Kier alpha value is -1.20. The Balaban J connectivity index is 2.18. The summed E-state index contributed by atoms with van der Waals surface area (Å²) in [6.07, 6.45) is 9.51. The molecule has 0 fully saturated rings. The zero-order chi connectivity index (χ0) is 12.1. The van der Waals surface area contributed by atoms with E-state index in [1.54, 1.807) is 6.20 Å². The van der Waals surface area contributed by atoms with Gasteiger partial charge in [-0.05, 0) is 41.4 Å². The molecule has 2 aromatic rings. The third kappa shape index (κ3) is 3.14. The van der Waals surface area contributed by atoms with Gasteiger partial charge in [0.2, 0.25) is 0 Å². The van der Waals surface area contributed by atoms with Crippen LogP contribution in [-0.4, -0.2) is 21.1 Å². The van der Waals surface area contributed by atoms with E-state index in [4.69, 9.17) is 5.73 Å². The third-order valence-corrected chi connectivity index (χ3v) is 2.97. The summed E-state index contributed by atoms with van der Waals surface area (Å²) >= 11 is 3.42. The average Bonchev–Trinajstić information content (AvgIpc) is 2.78. The van der Waals surface area contributed by atoms with Gasteiger partial charge in [0.15, 0.2) is 0 Å². The second kappa shape index (κ2) is 5.93. The van der Waals surface area contributed by atoms with Crippen molar-refractivity contribution in [2.75, 3.05) is 6.54 Å². The first kappa shape index (κ1) is 12.3. The number of hydrogen-bond acceptors (Lipinski definition) is 3. The van der Waals surface area contributed by atoms with Crippen LogP contribution in [0.4, 0.5) is 0 Å². The Morgan fingerprint density at radius 3 is 2.94 bits per heavy atom. The topological polar surface area (TPSA) is 56.7 Å². The summed E-state index contributed by atoms with van der Waals surface area (Å²) in [4.78, 5) is 8.53. The summed E-state index contributed by atoms with van der Waals surface area (Å²) in [7, 11) is 0. The molecule has 0 spiro atoms. The van der Waals surface area contributed by atoms with E-state index in [-0.39, 0.29) is 0 Å². The molecule has 0 aromatic carbocycles. The van der Waals surface area contributed by atoms with E-state index in [2.05, 4.69) is 30.5 Å². The lowest BCUT2D eigenvalue weighted by Gasteiger charge is -2.07. The molecule has 17 heavy (non-hydrogen) atoms. The molecular formula is C12H15BrN4. The van der Waals surface area contributed by atoms with Gasteiger partial charge in [0.1, 0.15) is 5.82 Å². The van der Waals surface area contributed by atoms with Crippen molar-refractivity contribution in [3.05, 3.63) is 35.3 Å². The van der Waals surface area contributed by atoms with Gasteiger partial charge >= 0.3 is 0 Å². The molecule has 5 heteroatoms. The number of rotatable bonds is 5. The maximum absolute atomic E-state index is 5.50. The van der Waals surface area contributed by atoms with Crippen LogP contribution in [-0.2, 0) is 6.54 Å². The third-order valence-electron chi connectivity index (χ3n) is 2.53. The van der Waals surface area contributed by atoms with E-state index in [1.807, 2.05) is 24.7 Å². The highest BCUT2D eigenvalue weighted by atomic mass is 79.9. The molecule has 2 N–H and O–H groups in total. The molecule has 0 aliphatic heterocycles. The highest BCUT2D eigenvalue weighted by Gasteiger charge is 2.06. The predicted molar refractivity (Wildman–Crippen MR) is 71.4 cm³/mol. The smallest absolute Gasteiger partial charge is 0.141 e. The van der Waals surface area contributed by atoms with E-state index in [0.717, 1.165) is 41.8 Å². The number of unbranched alkanes of at least 4 members (excludes halogenated alkanes) is 1. The van der Waals surface area contributed by atoms with Crippen molar-refractivity contribution in [2.45, 2.75) is 19.4 Å². The first-order valence-electron chi connectivity index (χ1n) is 5.63. The van der Waals surface area contributed by atoms with Crippen LogP contribution in [0.15, 0.2) is 35.3 Å². The highest BCUT2D eigenvalue weighted by Crippen LogP contribution is 2.20. The molecular weight excluding hydrogens is 280 g/mol. The van der Waals surface area contributed by atoms with Crippen LogP contribution < -0.4 is 5.73 Å². The molecule has 0 aliphatic rings. The fourth-order valence-electron chi connectivity index (χ4n) is 1.71. The summed E-state index contributed by atoms with van der Waals surface area (Å²) in [6, 6.07) is 2.02. The van der Waals surface area contributed by atoms with Crippen LogP contribution >= 0.6 is 15.9 Å². The highest BCUT2D eigenvalue weighted by molar-refractivity contribution is 9.10. The van der Waals surface area contributed by atoms with Crippen LogP contribution in [0, 0.1) is 0 Å². The first-order valence-corrected chi connectivity index (χ1v) is 6.42. The molecule has 0 radical (unpaired) electrons. The van der Waals surface area contributed by atoms with Crippen molar-refractivity contribution in [1.29, 1.82) is 0 Å². The van der Waals surface area contributed by atoms with Crippen LogP contribution in [0.25, 0.3) is 11.4 Å². The molecule has 2 aromatic heterocycles. The van der Waals surface area contributed by atoms with Crippen molar-refractivity contribution < 1.29 is 0 Å². The molecule has 90 valence electrons. The molecule has 2 rings (SSSR count). The molecule has 0 bridgehead atoms.